The van der Waals surface area contributed by atoms with E-state index in [1.54, 1.807) is 0 Å². The van der Waals surface area contributed by atoms with E-state index in [2.05, 4.69) is 4.74 Å². The van der Waals surface area contributed by atoms with Gasteiger partial charge in [0.05, 0.1) is 0 Å². The molecule has 0 aliphatic carbocycles. The summed E-state index contributed by atoms with van der Waals surface area (Å²) in [5, 5.41) is 19.9. The van der Waals surface area contributed by atoms with Crippen molar-refractivity contribution >= 4 is 17.9 Å². The SMILES string of the molecule is CC(=O)OCC1O[C@H](O)C(OC(C)=O)C(OC(C)=O)[C@H]1O. The average Bonchev–Trinajstić information content (AvgIpc) is 2.35. The van der Waals surface area contributed by atoms with Crippen LogP contribution in [0.3, 0.4) is 0 Å². The topological polar surface area (TPSA) is 129 Å². The van der Waals surface area contributed by atoms with E-state index in [1.165, 1.54) is 0 Å². The summed E-state index contributed by atoms with van der Waals surface area (Å²) in [6.07, 6.45) is -6.92. The summed E-state index contributed by atoms with van der Waals surface area (Å²) < 4.78 is 19.4. The maximum Gasteiger partial charge on any atom is 0.303 e. The fraction of sp³-hybridized carbons (Fsp3) is 0.750. The zero-order valence-electron chi connectivity index (χ0n) is 11.8. The fourth-order valence-corrected chi connectivity index (χ4v) is 1.89. The summed E-state index contributed by atoms with van der Waals surface area (Å²) in [5.41, 5.74) is 0. The van der Waals surface area contributed by atoms with Crippen molar-refractivity contribution in [3.05, 3.63) is 0 Å². The number of carbonyl (C=O) groups is 3. The normalized spacial score (nSPS) is 32.1. The summed E-state index contributed by atoms with van der Waals surface area (Å²) in [6.45, 7) is 3.00. The van der Waals surface area contributed by atoms with Crippen LogP contribution in [0.2, 0.25) is 0 Å². The second kappa shape index (κ2) is 7.34. The number of rotatable bonds is 4. The molecule has 3 unspecified atom stereocenters. The second-order valence-corrected chi connectivity index (χ2v) is 4.51. The molecule has 1 fully saturated rings. The first-order valence-corrected chi connectivity index (χ1v) is 6.21. The van der Waals surface area contributed by atoms with Gasteiger partial charge < -0.3 is 29.2 Å². The fourth-order valence-electron chi connectivity index (χ4n) is 1.89. The number of hydrogen-bond donors (Lipinski definition) is 2. The van der Waals surface area contributed by atoms with Crippen molar-refractivity contribution < 1.29 is 43.5 Å². The Balaban J connectivity index is 2.87. The third-order valence-electron chi connectivity index (χ3n) is 2.69. The molecule has 1 saturated heterocycles. The minimum atomic E-state index is -1.64. The molecular formula is C12H18O9. The van der Waals surface area contributed by atoms with Gasteiger partial charge >= 0.3 is 17.9 Å². The molecular weight excluding hydrogens is 288 g/mol. The molecule has 21 heavy (non-hydrogen) atoms. The van der Waals surface area contributed by atoms with E-state index in [0.29, 0.717) is 0 Å². The molecule has 0 aromatic carbocycles. The maximum absolute atomic E-state index is 11.1. The van der Waals surface area contributed by atoms with Crippen LogP contribution in [0.25, 0.3) is 0 Å². The van der Waals surface area contributed by atoms with Gasteiger partial charge in [-0.2, -0.15) is 0 Å². The number of aliphatic hydroxyl groups excluding tert-OH is 2. The average molecular weight is 306 g/mol. The summed E-state index contributed by atoms with van der Waals surface area (Å²) in [5.74, 6) is -2.09. The van der Waals surface area contributed by atoms with Gasteiger partial charge in [-0.15, -0.1) is 0 Å². The number of esters is 3. The van der Waals surface area contributed by atoms with Crippen LogP contribution in [0, 0.1) is 0 Å². The third kappa shape index (κ3) is 4.96. The lowest BCUT2D eigenvalue weighted by Gasteiger charge is -2.41. The lowest BCUT2D eigenvalue weighted by atomic mass is 9.98. The zero-order valence-corrected chi connectivity index (χ0v) is 11.8. The molecule has 0 aromatic rings. The first kappa shape index (κ1) is 17.3. The van der Waals surface area contributed by atoms with Crippen molar-refractivity contribution in [2.24, 2.45) is 0 Å². The summed E-state index contributed by atoms with van der Waals surface area (Å²) in [4.78, 5) is 32.9. The van der Waals surface area contributed by atoms with E-state index in [-0.39, 0.29) is 6.61 Å². The van der Waals surface area contributed by atoms with Gasteiger partial charge in [-0.05, 0) is 0 Å². The Kier molecular flexibility index (Phi) is 6.06. The van der Waals surface area contributed by atoms with Gasteiger partial charge in [0.2, 0.25) is 0 Å². The van der Waals surface area contributed by atoms with Crippen molar-refractivity contribution in [3.8, 4) is 0 Å². The Hall–Kier alpha value is -1.71. The Bertz CT molecular complexity index is 408. The molecule has 0 spiro atoms. The summed E-state index contributed by atoms with van der Waals surface area (Å²) in [7, 11) is 0. The first-order valence-electron chi connectivity index (χ1n) is 6.21. The standard InChI is InChI=1S/C12H18O9/c1-5(13)18-4-8-9(16)10(19-6(2)14)11(12(17)21-8)20-7(3)15/h8-12,16-17H,4H2,1-3H3/t8?,9-,10?,11?,12-/m0/s1. The van der Waals surface area contributed by atoms with Gasteiger partial charge in [0.15, 0.2) is 18.5 Å². The number of aliphatic hydroxyl groups is 2. The highest BCUT2D eigenvalue weighted by Gasteiger charge is 2.49. The van der Waals surface area contributed by atoms with Crippen LogP contribution in [-0.4, -0.2) is 65.4 Å². The van der Waals surface area contributed by atoms with Crippen molar-refractivity contribution in [3.63, 3.8) is 0 Å². The molecule has 2 N–H and O–H groups in total. The minimum Gasteiger partial charge on any atom is -0.463 e. The van der Waals surface area contributed by atoms with Crippen molar-refractivity contribution in [2.75, 3.05) is 6.61 Å². The molecule has 1 aliphatic heterocycles. The quantitative estimate of drug-likeness (QED) is 0.470. The summed E-state index contributed by atoms with van der Waals surface area (Å²) in [6, 6.07) is 0. The number of carbonyl (C=O) groups excluding carboxylic acids is 3. The van der Waals surface area contributed by atoms with Gasteiger partial charge in [0, 0.05) is 20.8 Å². The zero-order chi connectivity index (χ0) is 16.2. The van der Waals surface area contributed by atoms with Crippen LogP contribution in [-0.2, 0) is 33.3 Å². The lowest BCUT2D eigenvalue weighted by Crippen LogP contribution is -2.61. The van der Waals surface area contributed by atoms with Crippen LogP contribution in [0.15, 0.2) is 0 Å². The van der Waals surface area contributed by atoms with Gasteiger partial charge in [-0.1, -0.05) is 0 Å². The molecule has 0 aromatic heterocycles. The predicted molar refractivity (Wildman–Crippen MR) is 64.6 cm³/mol. The highest BCUT2D eigenvalue weighted by Crippen LogP contribution is 2.25. The second-order valence-electron chi connectivity index (χ2n) is 4.51. The van der Waals surface area contributed by atoms with Crippen LogP contribution in [0.1, 0.15) is 20.8 Å². The molecule has 120 valence electrons. The molecule has 1 rings (SSSR count). The maximum atomic E-state index is 11.1. The Morgan fingerprint density at radius 3 is 1.95 bits per heavy atom. The number of ether oxygens (including phenoxy) is 4. The summed E-state index contributed by atoms with van der Waals surface area (Å²) >= 11 is 0. The molecule has 0 saturated carbocycles. The molecule has 9 nitrogen and oxygen atoms in total. The largest absolute Gasteiger partial charge is 0.463 e. The van der Waals surface area contributed by atoms with Crippen molar-refractivity contribution in [1.82, 2.24) is 0 Å². The van der Waals surface area contributed by atoms with Gasteiger partial charge in [-0.25, -0.2) is 0 Å². The highest BCUT2D eigenvalue weighted by atomic mass is 16.7. The van der Waals surface area contributed by atoms with Crippen LogP contribution in [0.4, 0.5) is 0 Å². The van der Waals surface area contributed by atoms with Crippen LogP contribution < -0.4 is 0 Å². The van der Waals surface area contributed by atoms with Gasteiger partial charge in [0.25, 0.3) is 0 Å². The van der Waals surface area contributed by atoms with Gasteiger partial charge in [0.1, 0.15) is 18.8 Å². The number of hydrogen-bond acceptors (Lipinski definition) is 9. The molecule has 0 amide bonds. The Morgan fingerprint density at radius 2 is 1.48 bits per heavy atom. The highest BCUT2D eigenvalue weighted by molar-refractivity contribution is 5.67. The lowest BCUT2D eigenvalue weighted by molar-refractivity contribution is -0.293. The van der Waals surface area contributed by atoms with Crippen LogP contribution >= 0.6 is 0 Å². The van der Waals surface area contributed by atoms with Crippen LogP contribution in [0.5, 0.6) is 0 Å². The van der Waals surface area contributed by atoms with E-state index in [4.69, 9.17) is 14.2 Å². The molecule has 5 atom stereocenters. The van der Waals surface area contributed by atoms with E-state index < -0.39 is 48.6 Å². The van der Waals surface area contributed by atoms with Gasteiger partial charge in [-0.3, -0.25) is 14.4 Å². The Labute approximate surface area is 120 Å². The van der Waals surface area contributed by atoms with Crippen molar-refractivity contribution in [2.45, 2.75) is 51.5 Å². The first-order chi connectivity index (χ1) is 9.72. The molecule has 0 bridgehead atoms. The molecule has 1 heterocycles. The predicted octanol–water partition coefficient (Wildman–Crippen LogP) is -1.51. The molecule has 1 aliphatic rings. The van der Waals surface area contributed by atoms with Crippen molar-refractivity contribution in [1.29, 1.82) is 0 Å². The van der Waals surface area contributed by atoms with E-state index in [1.807, 2.05) is 0 Å². The Morgan fingerprint density at radius 1 is 0.952 bits per heavy atom. The third-order valence-corrected chi connectivity index (χ3v) is 2.69. The molecule has 9 heteroatoms. The smallest absolute Gasteiger partial charge is 0.303 e. The van der Waals surface area contributed by atoms with E-state index >= 15 is 0 Å². The monoisotopic (exact) mass is 306 g/mol. The molecule has 0 radical (unpaired) electrons. The van der Waals surface area contributed by atoms with E-state index in [9.17, 15) is 24.6 Å². The van der Waals surface area contributed by atoms with E-state index in [0.717, 1.165) is 20.8 Å². The minimum absolute atomic E-state index is 0.349.